The van der Waals surface area contributed by atoms with Crippen LogP contribution in [0.1, 0.15) is 20.3 Å². The van der Waals surface area contributed by atoms with Crippen molar-refractivity contribution in [1.82, 2.24) is 4.90 Å². The van der Waals surface area contributed by atoms with Crippen LogP contribution in [0.2, 0.25) is 0 Å². The first-order chi connectivity index (χ1) is 7.06. The monoisotopic (exact) mass is 275 g/mol. The third kappa shape index (κ3) is 2.21. The van der Waals surface area contributed by atoms with Crippen molar-refractivity contribution in [2.45, 2.75) is 26.3 Å². The molecule has 1 saturated carbocycles. The third-order valence-corrected chi connectivity index (χ3v) is 4.25. The standard InChI is InChI=1S/C11H18BrNO2/c1-11(2)5-9(11)10(14)13-3-4-15-7-8(13)6-12/h8-9H,3-7H2,1-2H3. The van der Waals surface area contributed by atoms with Gasteiger partial charge in [-0.2, -0.15) is 0 Å². The van der Waals surface area contributed by atoms with Gasteiger partial charge in [-0.3, -0.25) is 4.79 Å². The van der Waals surface area contributed by atoms with Crippen LogP contribution in [0.15, 0.2) is 0 Å². The lowest BCUT2D eigenvalue weighted by atomic mass is 10.1. The van der Waals surface area contributed by atoms with Crippen LogP contribution < -0.4 is 0 Å². The third-order valence-electron chi connectivity index (χ3n) is 3.50. The second-order valence-corrected chi connectivity index (χ2v) is 5.81. The Morgan fingerprint density at radius 3 is 2.80 bits per heavy atom. The van der Waals surface area contributed by atoms with Gasteiger partial charge in [0, 0.05) is 17.8 Å². The molecule has 4 heteroatoms. The smallest absolute Gasteiger partial charge is 0.226 e. The van der Waals surface area contributed by atoms with Crippen molar-refractivity contribution < 1.29 is 9.53 Å². The fraction of sp³-hybridized carbons (Fsp3) is 0.909. The fourth-order valence-corrected chi connectivity index (χ4v) is 2.70. The molecule has 2 unspecified atom stereocenters. The number of hydrogen-bond acceptors (Lipinski definition) is 2. The molecule has 1 aliphatic carbocycles. The van der Waals surface area contributed by atoms with Crippen LogP contribution in [-0.4, -0.2) is 41.9 Å². The average molecular weight is 276 g/mol. The minimum Gasteiger partial charge on any atom is -0.377 e. The summed E-state index contributed by atoms with van der Waals surface area (Å²) in [5, 5.41) is 0.811. The van der Waals surface area contributed by atoms with Crippen molar-refractivity contribution in [3.05, 3.63) is 0 Å². The Kier molecular flexibility index (Phi) is 3.08. The van der Waals surface area contributed by atoms with Crippen molar-refractivity contribution in [2.75, 3.05) is 25.1 Å². The topological polar surface area (TPSA) is 29.5 Å². The molecule has 2 aliphatic rings. The van der Waals surface area contributed by atoms with Gasteiger partial charge in [-0.1, -0.05) is 29.8 Å². The van der Waals surface area contributed by atoms with E-state index >= 15 is 0 Å². The minimum atomic E-state index is 0.225. The van der Waals surface area contributed by atoms with Gasteiger partial charge in [0.2, 0.25) is 5.91 Å². The highest BCUT2D eigenvalue weighted by atomic mass is 79.9. The van der Waals surface area contributed by atoms with Gasteiger partial charge in [0.15, 0.2) is 0 Å². The van der Waals surface area contributed by atoms with E-state index in [1.165, 1.54) is 0 Å². The van der Waals surface area contributed by atoms with Gasteiger partial charge >= 0.3 is 0 Å². The van der Waals surface area contributed by atoms with Gasteiger partial charge in [-0.15, -0.1) is 0 Å². The van der Waals surface area contributed by atoms with E-state index < -0.39 is 0 Å². The normalized spacial score (nSPS) is 33.9. The van der Waals surface area contributed by atoms with Crippen LogP contribution in [-0.2, 0) is 9.53 Å². The number of nitrogens with zero attached hydrogens (tertiary/aromatic N) is 1. The summed E-state index contributed by atoms with van der Waals surface area (Å²) < 4.78 is 5.38. The minimum absolute atomic E-state index is 0.225. The van der Waals surface area contributed by atoms with E-state index in [1.54, 1.807) is 0 Å². The number of ether oxygens (including phenoxy) is 1. The van der Waals surface area contributed by atoms with Crippen molar-refractivity contribution in [3.63, 3.8) is 0 Å². The summed E-state index contributed by atoms with van der Waals surface area (Å²) in [4.78, 5) is 14.2. The van der Waals surface area contributed by atoms with E-state index in [-0.39, 0.29) is 17.4 Å². The molecule has 0 aromatic carbocycles. The van der Waals surface area contributed by atoms with Gasteiger partial charge in [-0.05, 0) is 11.8 Å². The van der Waals surface area contributed by atoms with Crippen LogP contribution in [0.3, 0.4) is 0 Å². The summed E-state index contributed by atoms with van der Waals surface area (Å²) >= 11 is 3.44. The molecule has 2 fully saturated rings. The Labute approximate surface area is 99.3 Å². The zero-order valence-corrected chi connectivity index (χ0v) is 10.9. The molecular formula is C11H18BrNO2. The second kappa shape index (κ2) is 4.06. The van der Waals surface area contributed by atoms with Crippen molar-refractivity contribution >= 4 is 21.8 Å². The number of amides is 1. The number of rotatable bonds is 2. The predicted octanol–water partition coefficient (Wildman–Crippen LogP) is 1.65. The molecule has 1 aliphatic heterocycles. The molecule has 0 spiro atoms. The lowest BCUT2D eigenvalue weighted by molar-refractivity contribution is -0.141. The first-order valence-corrected chi connectivity index (χ1v) is 6.62. The highest BCUT2D eigenvalue weighted by Crippen LogP contribution is 2.52. The lowest BCUT2D eigenvalue weighted by Gasteiger charge is -2.35. The number of carbonyl (C=O) groups is 1. The van der Waals surface area contributed by atoms with Gasteiger partial charge in [0.25, 0.3) is 0 Å². The zero-order chi connectivity index (χ0) is 11.1. The van der Waals surface area contributed by atoms with Gasteiger partial charge in [0.05, 0.1) is 19.3 Å². The molecule has 1 amide bonds. The molecule has 3 nitrogen and oxygen atoms in total. The molecule has 1 heterocycles. The predicted molar refractivity (Wildman–Crippen MR) is 62.0 cm³/mol. The second-order valence-electron chi connectivity index (χ2n) is 5.16. The van der Waals surface area contributed by atoms with E-state index in [0.717, 1.165) is 18.3 Å². The summed E-state index contributed by atoms with van der Waals surface area (Å²) in [5.41, 5.74) is 0.228. The number of hydrogen-bond donors (Lipinski definition) is 0. The molecule has 0 aromatic rings. The van der Waals surface area contributed by atoms with E-state index in [2.05, 4.69) is 29.8 Å². The average Bonchev–Trinajstić information content (AvgIpc) is 2.86. The maximum Gasteiger partial charge on any atom is 0.226 e. The Balaban J connectivity index is 1.99. The van der Waals surface area contributed by atoms with E-state index in [0.29, 0.717) is 19.1 Å². The summed E-state index contributed by atoms with van der Waals surface area (Å²) in [6.07, 6.45) is 1.04. The number of halogens is 1. The molecule has 0 bridgehead atoms. The highest BCUT2D eigenvalue weighted by Gasteiger charge is 2.52. The van der Waals surface area contributed by atoms with Crippen molar-refractivity contribution in [2.24, 2.45) is 11.3 Å². The molecular weight excluding hydrogens is 258 g/mol. The number of carbonyl (C=O) groups excluding carboxylic acids is 1. The number of morpholine rings is 1. The highest BCUT2D eigenvalue weighted by molar-refractivity contribution is 9.09. The molecule has 15 heavy (non-hydrogen) atoms. The van der Waals surface area contributed by atoms with Crippen LogP contribution in [0.25, 0.3) is 0 Å². The van der Waals surface area contributed by atoms with Crippen LogP contribution in [0.4, 0.5) is 0 Å². The molecule has 0 radical (unpaired) electrons. The summed E-state index contributed by atoms with van der Waals surface area (Å²) in [7, 11) is 0. The Morgan fingerprint density at radius 1 is 1.60 bits per heavy atom. The lowest BCUT2D eigenvalue weighted by Crippen LogP contribution is -2.50. The van der Waals surface area contributed by atoms with E-state index in [9.17, 15) is 4.79 Å². The van der Waals surface area contributed by atoms with Crippen molar-refractivity contribution in [1.29, 1.82) is 0 Å². The summed E-state index contributed by atoms with van der Waals surface area (Å²) in [6.45, 7) is 6.44. The van der Waals surface area contributed by atoms with Gasteiger partial charge in [0.1, 0.15) is 0 Å². The molecule has 86 valence electrons. The Bertz CT molecular complexity index is 267. The zero-order valence-electron chi connectivity index (χ0n) is 9.33. The molecule has 2 rings (SSSR count). The van der Waals surface area contributed by atoms with Gasteiger partial charge < -0.3 is 9.64 Å². The SMILES string of the molecule is CC1(C)CC1C(=O)N1CCOCC1CBr. The summed E-state index contributed by atoms with van der Waals surface area (Å²) in [6, 6.07) is 0.225. The molecule has 1 saturated heterocycles. The van der Waals surface area contributed by atoms with Gasteiger partial charge in [-0.25, -0.2) is 0 Å². The quantitative estimate of drug-likeness (QED) is 0.718. The fourth-order valence-electron chi connectivity index (χ4n) is 2.16. The first kappa shape index (κ1) is 11.4. The van der Waals surface area contributed by atoms with Crippen LogP contribution in [0, 0.1) is 11.3 Å². The van der Waals surface area contributed by atoms with Crippen molar-refractivity contribution in [3.8, 4) is 0 Å². The Hall–Kier alpha value is -0.0900. The summed E-state index contributed by atoms with van der Waals surface area (Å²) in [5.74, 6) is 0.574. The van der Waals surface area contributed by atoms with E-state index in [4.69, 9.17) is 4.74 Å². The van der Waals surface area contributed by atoms with Crippen LogP contribution >= 0.6 is 15.9 Å². The molecule has 2 atom stereocenters. The maximum atomic E-state index is 12.2. The molecule has 0 aromatic heterocycles. The number of alkyl halides is 1. The first-order valence-electron chi connectivity index (χ1n) is 5.50. The molecule has 0 N–H and O–H groups in total. The van der Waals surface area contributed by atoms with E-state index in [1.807, 2.05) is 4.90 Å². The Morgan fingerprint density at radius 2 is 2.27 bits per heavy atom. The largest absolute Gasteiger partial charge is 0.377 e. The maximum absolute atomic E-state index is 12.2. The van der Waals surface area contributed by atoms with Crippen LogP contribution in [0.5, 0.6) is 0 Å².